The SMILES string of the molecule is CC1(C)OC(=O)C(=CNc2ccc3cc(S(=O)(=O)O)cc(O)c3c2)C(=O)O1. The quantitative estimate of drug-likeness (QED) is 0.309. The van der Waals surface area contributed by atoms with E-state index in [4.69, 9.17) is 14.0 Å². The molecular weight excluding hydrogens is 378 g/mol. The van der Waals surface area contributed by atoms with Crippen molar-refractivity contribution in [2.75, 3.05) is 5.32 Å². The zero-order valence-corrected chi connectivity index (χ0v) is 15.0. The number of benzene rings is 2. The molecule has 142 valence electrons. The summed E-state index contributed by atoms with van der Waals surface area (Å²) in [6, 6.07) is 6.60. The Morgan fingerprint density at radius 3 is 2.30 bits per heavy atom. The number of aromatic hydroxyl groups is 1. The third-order valence-corrected chi connectivity index (χ3v) is 4.54. The largest absolute Gasteiger partial charge is 0.507 e. The van der Waals surface area contributed by atoms with Crippen LogP contribution in [0.1, 0.15) is 13.8 Å². The Bertz CT molecular complexity index is 1080. The highest BCUT2D eigenvalue weighted by Gasteiger charge is 2.38. The fraction of sp³-hybridized carbons (Fsp3) is 0.176. The van der Waals surface area contributed by atoms with Gasteiger partial charge in [-0.2, -0.15) is 8.42 Å². The Morgan fingerprint density at radius 1 is 1.07 bits per heavy atom. The number of anilines is 1. The Hall–Kier alpha value is -3.11. The van der Waals surface area contributed by atoms with Gasteiger partial charge in [0.15, 0.2) is 5.57 Å². The van der Waals surface area contributed by atoms with Crippen molar-refractivity contribution in [3.63, 3.8) is 0 Å². The summed E-state index contributed by atoms with van der Waals surface area (Å²) in [7, 11) is -4.46. The number of ether oxygens (including phenoxy) is 2. The predicted molar refractivity (Wildman–Crippen MR) is 93.4 cm³/mol. The summed E-state index contributed by atoms with van der Waals surface area (Å²) < 4.78 is 41.5. The van der Waals surface area contributed by atoms with Crippen LogP contribution in [0.25, 0.3) is 10.8 Å². The number of carbonyl (C=O) groups excluding carboxylic acids is 2. The summed E-state index contributed by atoms with van der Waals surface area (Å²) in [5.41, 5.74) is 0.0655. The van der Waals surface area contributed by atoms with Crippen LogP contribution in [0.2, 0.25) is 0 Å². The van der Waals surface area contributed by atoms with Crippen molar-refractivity contribution < 1.29 is 37.1 Å². The normalized spacial score (nSPS) is 16.6. The van der Waals surface area contributed by atoms with Gasteiger partial charge < -0.3 is 19.9 Å². The maximum absolute atomic E-state index is 11.9. The molecule has 0 aliphatic carbocycles. The topological polar surface area (TPSA) is 139 Å². The van der Waals surface area contributed by atoms with Crippen molar-refractivity contribution in [1.82, 2.24) is 0 Å². The lowest BCUT2D eigenvalue weighted by molar-refractivity contribution is -0.222. The van der Waals surface area contributed by atoms with Gasteiger partial charge >= 0.3 is 11.9 Å². The Kier molecular flexibility index (Phi) is 4.32. The van der Waals surface area contributed by atoms with E-state index in [9.17, 15) is 23.1 Å². The molecule has 3 N–H and O–H groups in total. The summed E-state index contributed by atoms with van der Waals surface area (Å²) in [5, 5.41) is 13.4. The van der Waals surface area contributed by atoms with Crippen LogP contribution < -0.4 is 5.32 Å². The van der Waals surface area contributed by atoms with Crippen LogP contribution in [-0.2, 0) is 29.2 Å². The van der Waals surface area contributed by atoms with Gasteiger partial charge in [-0.1, -0.05) is 6.07 Å². The molecule has 1 heterocycles. The lowest BCUT2D eigenvalue weighted by Crippen LogP contribution is -2.42. The zero-order valence-electron chi connectivity index (χ0n) is 14.2. The van der Waals surface area contributed by atoms with E-state index in [1.165, 1.54) is 38.1 Å². The first-order chi connectivity index (χ1) is 12.5. The third kappa shape index (κ3) is 3.86. The molecule has 0 atom stereocenters. The van der Waals surface area contributed by atoms with Gasteiger partial charge in [-0.05, 0) is 23.6 Å². The molecule has 0 radical (unpaired) electrons. The number of hydrogen-bond donors (Lipinski definition) is 3. The van der Waals surface area contributed by atoms with Gasteiger partial charge in [0.05, 0.1) is 4.90 Å². The standard InChI is InChI=1S/C17H15NO8S/c1-17(2)25-15(20)13(16(21)26-17)8-18-10-4-3-9-5-11(27(22,23)24)7-14(19)12(9)6-10/h3-8,18-19H,1-2H3,(H,22,23,24). The summed E-state index contributed by atoms with van der Waals surface area (Å²) in [6.07, 6.45) is 1.12. The average Bonchev–Trinajstić information content (AvgIpc) is 2.52. The van der Waals surface area contributed by atoms with Crippen LogP contribution in [0.5, 0.6) is 5.75 Å². The van der Waals surface area contributed by atoms with E-state index in [1.54, 1.807) is 0 Å². The van der Waals surface area contributed by atoms with Crippen LogP contribution in [0.4, 0.5) is 5.69 Å². The average molecular weight is 393 g/mol. The Labute approximate surface area is 153 Å². The predicted octanol–water partition coefficient (Wildman–Crippen LogP) is 1.92. The first-order valence-corrected chi connectivity index (χ1v) is 9.08. The molecule has 0 saturated carbocycles. The molecule has 1 fully saturated rings. The van der Waals surface area contributed by atoms with Crippen LogP contribution in [0.3, 0.4) is 0 Å². The summed E-state index contributed by atoms with van der Waals surface area (Å²) >= 11 is 0. The maximum atomic E-state index is 11.9. The highest BCUT2D eigenvalue weighted by atomic mass is 32.2. The minimum Gasteiger partial charge on any atom is -0.507 e. The molecule has 0 bridgehead atoms. The van der Waals surface area contributed by atoms with Crippen molar-refractivity contribution in [3.8, 4) is 5.75 Å². The van der Waals surface area contributed by atoms with Crippen molar-refractivity contribution >= 4 is 38.5 Å². The van der Waals surface area contributed by atoms with Gasteiger partial charge in [-0.3, -0.25) is 4.55 Å². The summed E-state index contributed by atoms with van der Waals surface area (Å²) in [5.74, 6) is -3.39. The van der Waals surface area contributed by atoms with Gasteiger partial charge in [-0.25, -0.2) is 9.59 Å². The molecule has 9 nitrogen and oxygen atoms in total. The zero-order chi connectivity index (χ0) is 20.0. The number of rotatable bonds is 3. The van der Waals surface area contributed by atoms with Crippen molar-refractivity contribution in [3.05, 3.63) is 42.1 Å². The lowest BCUT2D eigenvalue weighted by atomic mass is 10.1. The molecule has 1 saturated heterocycles. The summed E-state index contributed by atoms with van der Waals surface area (Å²) in [4.78, 5) is 23.3. The van der Waals surface area contributed by atoms with Crippen LogP contribution in [0, 0.1) is 0 Å². The molecule has 3 rings (SSSR count). The molecular formula is C17H15NO8S. The first kappa shape index (κ1) is 18.7. The van der Waals surface area contributed by atoms with E-state index < -0.39 is 32.7 Å². The number of carbonyl (C=O) groups is 2. The van der Waals surface area contributed by atoms with Gasteiger partial charge in [0.2, 0.25) is 0 Å². The number of hydrogen-bond acceptors (Lipinski definition) is 8. The highest BCUT2D eigenvalue weighted by molar-refractivity contribution is 7.85. The highest BCUT2D eigenvalue weighted by Crippen LogP contribution is 2.31. The van der Waals surface area contributed by atoms with E-state index in [0.717, 1.165) is 12.3 Å². The molecule has 10 heteroatoms. The smallest absolute Gasteiger partial charge is 0.350 e. The number of nitrogens with one attached hydrogen (secondary N) is 1. The van der Waals surface area contributed by atoms with E-state index in [2.05, 4.69) is 5.32 Å². The molecule has 0 unspecified atom stereocenters. The van der Waals surface area contributed by atoms with Crippen molar-refractivity contribution in [1.29, 1.82) is 0 Å². The number of esters is 2. The molecule has 0 spiro atoms. The van der Waals surface area contributed by atoms with E-state index in [1.807, 2.05) is 0 Å². The molecule has 2 aromatic rings. The van der Waals surface area contributed by atoms with Crippen molar-refractivity contribution in [2.24, 2.45) is 0 Å². The van der Waals surface area contributed by atoms with Crippen LogP contribution >= 0.6 is 0 Å². The number of fused-ring (bicyclic) bond motifs is 1. The molecule has 0 amide bonds. The Morgan fingerprint density at radius 2 is 1.70 bits per heavy atom. The van der Waals surface area contributed by atoms with Gasteiger partial charge in [-0.15, -0.1) is 0 Å². The van der Waals surface area contributed by atoms with E-state index in [0.29, 0.717) is 16.5 Å². The second-order valence-electron chi connectivity index (χ2n) is 6.23. The number of phenols is 1. The first-order valence-electron chi connectivity index (χ1n) is 7.64. The van der Waals surface area contributed by atoms with Crippen molar-refractivity contribution in [2.45, 2.75) is 24.5 Å². The monoisotopic (exact) mass is 393 g/mol. The van der Waals surface area contributed by atoms with E-state index in [-0.39, 0.29) is 11.3 Å². The molecule has 0 aromatic heterocycles. The number of cyclic esters (lactones) is 2. The van der Waals surface area contributed by atoms with E-state index >= 15 is 0 Å². The molecule has 2 aromatic carbocycles. The van der Waals surface area contributed by atoms with Crippen LogP contribution in [0.15, 0.2) is 47.0 Å². The minimum absolute atomic E-state index is 0.292. The second-order valence-corrected chi connectivity index (χ2v) is 7.66. The Balaban J connectivity index is 1.92. The van der Waals surface area contributed by atoms with Gasteiger partial charge in [0.25, 0.3) is 15.9 Å². The molecule has 27 heavy (non-hydrogen) atoms. The molecule has 1 aliphatic rings. The second kappa shape index (κ2) is 6.25. The molecule has 1 aliphatic heterocycles. The maximum Gasteiger partial charge on any atom is 0.350 e. The third-order valence-electron chi connectivity index (χ3n) is 3.70. The van der Waals surface area contributed by atoms with Gasteiger partial charge in [0, 0.05) is 37.2 Å². The summed E-state index contributed by atoms with van der Waals surface area (Å²) in [6.45, 7) is 2.86. The number of phenolic OH excluding ortho intramolecular Hbond substituents is 1. The lowest BCUT2D eigenvalue weighted by Gasteiger charge is -2.29. The minimum atomic E-state index is -4.46. The van der Waals surface area contributed by atoms with Crippen LogP contribution in [-0.4, -0.2) is 35.8 Å². The fourth-order valence-corrected chi connectivity index (χ4v) is 3.02. The fourth-order valence-electron chi connectivity index (χ4n) is 2.48. The van der Waals surface area contributed by atoms with Gasteiger partial charge in [0.1, 0.15) is 5.75 Å².